The molecule has 3 N–H and O–H groups in total. The van der Waals surface area contributed by atoms with Crippen molar-refractivity contribution in [2.75, 3.05) is 13.2 Å². The predicted octanol–water partition coefficient (Wildman–Crippen LogP) is 1.03. The number of benzene rings is 1. The Morgan fingerprint density at radius 1 is 1.38 bits per heavy atom. The molecule has 0 aliphatic rings. The highest BCUT2D eigenvalue weighted by Gasteiger charge is 2.14. The number of rotatable bonds is 6. The van der Waals surface area contributed by atoms with Crippen LogP contribution in [0.4, 0.5) is 0 Å². The van der Waals surface area contributed by atoms with E-state index in [2.05, 4.69) is 5.32 Å². The normalized spacial score (nSPS) is 14.4. The topological polar surface area (TPSA) is 69.6 Å². The molecule has 4 nitrogen and oxygen atoms in total. The SMILES string of the molecule is CC(CNC(CO)c1ccccc1)C(=O)O. The van der Waals surface area contributed by atoms with Crippen molar-refractivity contribution in [3.05, 3.63) is 35.9 Å². The monoisotopic (exact) mass is 223 g/mol. The fourth-order valence-corrected chi connectivity index (χ4v) is 1.38. The highest BCUT2D eigenvalue weighted by Crippen LogP contribution is 2.11. The molecule has 1 aromatic rings. The largest absolute Gasteiger partial charge is 0.481 e. The summed E-state index contributed by atoms with van der Waals surface area (Å²) >= 11 is 0. The van der Waals surface area contributed by atoms with E-state index >= 15 is 0 Å². The Morgan fingerprint density at radius 3 is 2.50 bits per heavy atom. The van der Waals surface area contributed by atoms with Crippen LogP contribution in [0.25, 0.3) is 0 Å². The van der Waals surface area contributed by atoms with Crippen LogP contribution in [0, 0.1) is 5.92 Å². The Morgan fingerprint density at radius 2 is 2.00 bits per heavy atom. The van der Waals surface area contributed by atoms with Crippen LogP contribution in [0.15, 0.2) is 30.3 Å². The van der Waals surface area contributed by atoms with E-state index in [0.717, 1.165) is 5.56 Å². The standard InChI is InChI=1S/C12H17NO3/c1-9(12(15)16)7-13-11(8-14)10-5-3-2-4-6-10/h2-6,9,11,13-14H,7-8H2,1H3,(H,15,16). The highest BCUT2D eigenvalue weighted by molar-refractivity contribution is 5.69. The van der Waals surface area contributed by atoms with Crippen molar-refractivity contribution in [3.63, 3.8) is 0 Å². The summed E-state index contributed by atoms with van der Waals surface area (Å²) in [5.74, 6) is -1.30. The molecule has 0 saturated heterocycles. The van der Waals surface area contributed by atoms with Gasteiger partial charge in [-0.15, -0.1) is 0 Å². The van der Waals surface area contributed by atoms with Crippen molar-refractivity contribution in [1.29, 1.82) is 0 Å². The van der Waals surface area contributed by atoms with Crippen LogP contribution in [0.1, 0.15) is 18.5 Å². The van der Waals surface area contributed by atoms with E-state index in [-0.39, 0.29) is 12.6 Å². The first kappa shape index (κ1) is 12.7. The lowest BCUT2D eigenvalue weighted by molar-refractivity contribution is -0.141. The molecule has 2 atom stereocenters. The van der Waals surface area contributed by atoms with Crippen molar-refractivity contribution in [1.82, 2.24) is 5.32 Å². The van der Waals surface area contributed by atoms with Crippen LogP contribution in [0.2, 0.25) is 0 Å². The summed E-state index contributed by atoms with van der Waals surface area (Å²) in [6.07, 6.45) is 0. The van der Waals surface area contributed by atoms with Crippen LogP contribution in [-0.4, -0.2) is 29.3 Å². The smallest absolute Gasteiger partial charge is 0.307 e. The third-order valence-corrected chi connectivity index (χ3v) is 2.48. The molecule has 0 aliphatic carbocycles. The van der Waals surface area contributed by atoms with Crippen molar-refractivity contribution >= 4 is 5.97 Å². The number of hydrogen-bond donors (Lipinski definition) is 3. The predicted molar refractivity (Wildman–Crippen MR) is 61.1 cm³/mol. The minimum atomic E-state index is -0.836. The summed E-state index contributed by atoms with van der Waals surface area (Å²) in [5.41, 5.74) is 0.961. The minimum absolute atomic E-state index is 0.0453. The summed E-state index contributed by atoms with van der Waals surface area (Å²) in [7, 11) is 0. The van der Waals surface area contributed by atoms with Gasteiger partial charge < -0.3 is 15.5 Å². The number of carboxylic acids is 1. The molecule has 0 aromatic heterocycles. The van der Waals surface area contributed by atoms with E-state index in [1.54, 1.807) is 6.92 Å². The van der Waals surface area contributed by atoms with Crippen LogP contribution >= 0.6 is 0 Å². The van der Waals surface area contributed by atoms with Crippen LogP contribution in [0.3, 0.4) is 0 Å². The summed E-state index contributed by atoms with van der Waals surface area (Å²) in [5, 5.41) is 21.0. The summed E-state index contributed by atoms with van der Waals surface area (Å²) in [6, 6.07) is 9.28. The van der Waals surface area contributed by atoms with Crippen molar-refractivity contribution in [3.8, 4) is 0 Å². The number of carboxylic acid groups (broad SMARTS) is 1. The van der Waals surface area contributed by atoms with E-state index in [1.165, 1.54) is 0 Å². The van der Waals surface area contributed by atoms with Gasteiger partial charge in [-0.05, 0) is 5.56 Å². The molecule has 0 amide bonds. The maximum atomic E-state index is 10.6. The summed E-state index contributed by atoms with van der Waals surface area (Å²) in [4.78, 5) is 10.6. The van der Waals surface area contributed by atoms with Crippen LogP contribution in [-0.2, 0) is 4.79 Å². The molecule has 88 valence electrons. The first-order chi connectivity index (χ1) is 7.65. The third-order valence-electron chi connectivity index (χ3n) is 2.48. The zero-order chi connectivity index (χ0) is 12.0. The number of aliphatic hydroxyl groups is 1. The van der Waals surface area contributed by atoms with E-state index in [0.29, 0.717) is 6.54 Å². The van der Waals surface area contributed by atoms with Gasteiger partial charge in [0.25, 0.3) is 0 Å². The minimum Gasteiger partial charge on any atom is -0.481 e. The average molecular weight is 223 g/mol. The molecule has 1 rings (SSSR count). The molecule has 0 aliphatic heterocycles. The molecule has 0 radical (unpaired) electrons. The quantitative estimate of drug-likeness (QED) is 0.673. The maximum Gasteiger partial charge on any atom is 0.307 e. The number of nitrogens with one attached hydrogen (secondary N) is 1. The molecule has 4 heteroatoms. The fourth-order valence-electron chi connectivity index (χ4n) is 1.38. The number of hydrogen-bond acceptors (Lipinski definition) is 3. The van der Waals surface area contributed by atoms with Gasteiger partial charge in [0.1, 0.15) is 0 Å². The van der Waals surface area contributed by atoms with E-state index in [4.69, 9.17) is 5.11 Å². The Balaban J connectivity index is 2.53. The zero-order valence-corrected chi connectivity index (χ0v) is 9.26. The summed E-state index contributed by atoms with van der Waals surface area (Å²) in [6.45, 7) is 1.93. The van der Waals surface area contributed by atoms with Crippen LogP contribution in [0.5, 0.6) is 0 Å². The molecule has 1 aromatic carbocycles. The lowest BCUT2D eigenvalue weighted by atomic mass is 10.1. The first-order valence-corrected chi connectivity index (χ1v) is 5.27. The molecular weight excluding hydrogens is 206 g/mol. The number of carbonyl (C=O) groups is 1. The van der Waals surface area contributed by atoms with Gasteiger partial charge in [0.15, 0.2) is 0 Å². The first-order valence-electron chi connectivity index (χ1n) is 5.27. The second-order valence-corrected chi connectivity index (χ2v) is 3.79. The van der Waals surface area contributed by atoms with Gasteiger partial charge in [0.2, 0.25) is 0 Å². The van der Waals surface area contributed by atoms with Gasteiger partial charge in [-0.1, -0.05) is 37.3 Å². The maximum absolute atomic E-state index is 10.6. The van der Waals surface area contributed by atoms with Gasteiger partial charge in [0, 0.05) is 6.54 Å². The van der Waals surface area contributed by atoms with Crippen LogP contribution < -0.4 is 5.32 Å². The lowest BCUT2D eigenvalue weighted by Gasteiger charge is -2.18. The van der Waals surface area contributed by atoms with Gasteiger partial charge in [-0.2, -0.15) is 0 Å². The van der Waals surface area contributed by atoms with Gasteiger partial charge >= 0.3 is 5.97 Å². The molecule has 0 spiro atoms. The Labute approximate surface area is 94.9 Å². The lowest BCUT2D eigenvalue weighted by Crippen LogP contribution is -2.31. The average Bonchev–Trinajstić information content (AvgIpc) is 2.30. The van der Waals surface area contributed by atoms with E-state index < -0.39 is 11.9 Å². The van der Waals surface area contributed by atoms with Gasteiger partial charge in [-0.3, -0.25) is 4.79 Å². The van der Waals surface area contributed by atoms with E-state index in [1.807, 2.05) is 30.3 Å². The fraction of sp³-hybridized carbons (Fsp3) is 0.417. The van der Waals surface area contributed by atoms with Gasteiger partial charge in [0.05, 0.1) is 18.6 Å². The second kappa shape index (κ2) is 6.25. The van der Waals surface area contributed by atoms with Crippen molar-refractivity contribution in [2.45, 2.75) is 13.0 Å². The molecular formula is C12H17NO3. The second-order valence-electron chi connectivity index (χ2n) is 3.79. The Hall–Kier alpha value is -1.39. The summed E-state index contributed by atoms with van der Waals surface area (Å²) < 4.78 is 0. The van der Waals surface area contributed by atoms with Crippen molar-refractivity contribution in [2.24, 2.45) is 5.92 Å². The Bertz CT molecular complexity index is 326. The Kier molecular flexibility index (Phi) is 4.95. The number of aliphatic carboxylic acids is 1. The number of aliphatic hydroxyl groups excluding tert-OH is 1. The van der Waals surface area contributed by atoms with Gasteiger partial charge in [-0.25, -0.2) is 0 Å². The van der Waals surface area contributed by atoms with E-state index in [9.17, 15) is 9.90 Å². The molecule has 0 saturated carbocycles. The zero-order valence-electron chi connectivity index (χ0n) is 9.26. The molecule has 0 fully saturated rings. The third kappa shape index (κ3) is 3.64. The molecule has 2 unspecified atom stereocenters. The molecule has 0 bridgehead atoms. The molecule has 16 heavy (non-hydrogen) atoms. The highest BCUT2D eigenvalue weighted by atomic mass is 16.4. The van der Waals surface area contributed by atoms with Crippen molar-refractivity contribution < 1.29 is 15.0 Å². The molecule has 0 heterocycles.